The lowest BCUT2D eigenvalue weighted by molar-refractivity contribution is -0.126. The molecular weight excluding hydrogens is 292 g/mol. The molecular formula is C13H22N4O3S. The van der Waals surface area contributed by atoms with Gasteiger partial charge in [0, 0.05) is 45.6 Å². The van der Waals surface area contributed by atoms with E-state index in [2.05, 4.69) is 5.32 Å². The third kappa shape index (κ3) is 3.63. The SMILES string of the molecule is Cn1ccc(S(=O)(=O)N2CCCC(C(=O)NCCN)C2)c1. The summed E-state index contributed by atoms with van der Waals surface area (Å²) in [6.07, 6.45) is 4.67. The molecule has 1 saturated heterocycles. The molecule has 1 aromatic rings. The molecule has 0 bridgehead atoms. The van der Waals surface area contributed by atoms with Crippen molar-refractivity contribution in [3.8, 4) is 0 Å². The summed E-state index contributed by atoms with van der Waals surface area (Å²) in [5.41, 5.74) is 5.36. The highest BCUT2D eigenvalue weighted by molar-refractivity contribution is 7.89. The summed E-state index contributed by atoms with van der Waals surface area (Å²) < 4.78 is 28.2. The number of nitrogens with one attached hydrogen (secondary N) is 1. The largest absolute Gasteiger partial charge is 0.356 e. The first-order valence-corrected chi connectivity index (χ1v) is 8.49. The van der Waals surface area contributed by atoms with Crippen LogP contribution in [0.25, 0.3) is 0 Å². The van der Waals surface area contributed by atoms with Gasteiger partial charge in [-0.3, -0.25) is 4.79 Å². The standard InChI is InChI=1S/C13H22N4O3S/c1-16-8-4-12(10-16)21(19,20)17-7-2-3-11(9-17)13(18)15-6-5-14/h4,8,10-11H,2-3,5-7,9,14H2,1H3,(H,15,18). The molecule has 1 fully saturated rings. The molecule has 8 heteroatoms. The molecule has 0 radical (unpaired) electrons. The second kappa shape index (κ2) is 6.59. The molecule has 118 valence electrons. The fourth-order valence-electron chi connectivity index (χ4n) is 2.49. The van der Waals surface area contributed by atoms with Gasteiger partial charge in [0.1, 0.15) is 0 Å². The zero-order chi connectivity index (χ0) is 15.5. The van der Waals surface area contributed by atoms with E-state index in [4.69, 9.17) is 5.73 Å². The second-order valence-corrected chi connectivity index (χ2v) is 7.23. The number of aryl methyl sites for hydroxylation is 1. The molecule has 1 aliphatic rings. The van der Waals surface area contributed by atoms with Crippen LogP contribution in [0.5, 0.6) is 0 Å². The van der Waals surface area contributed by atoms with Crippen LogP contribution in [0.4, 0.5) is 0 Å². The van der Waals surface area contributed by atoms with Gasteiger partial charge in [0.05, 0.1) is 10.8 Å². The lowest BCUT2D eigenvalue weighted by Crippen LogP contribution is -2.46. The van der Waals surface area contributed by atoms with Gasteiger partial charge in [-0.15, -0.1) is 0 Å². The average Bonchev–Trinajstić information content (AvgIpc) is 2.92. The van der Waals surface area contributed by atoms with Crippen LogP contribution in [0.1, 0.15) is 12.8 Å². The van der Waals surface area contributed by atoms with Crippen LogP contribution in [-0.2, 0) is 21.9 Å². The van der Waals surface area contributed by atoms with Crippen molar-refractivity contribution < 1.29 is 13.2 Å². The van der Waals surface area contributed by atoms with Crippen molar-refractivity contribution in [1.82, 2.24) is 14.2 Å². The molecule has 1 aromatic heterocycles. The van der Waals surface area contributed by atoms with E-state index >= 15 is 0 Å². The third-order valence-corrected chi connectivity index (χ3v) is 5.49. The lowest BCUT2D eigenvalue weighted by atomic mass is 9.99. The quantitative estimate of drug-likeness (QED) is 0.765. The summed E-state index contributed by atoms with van der Waals surface area (Å²) in [6, 6.07) is 1.58. The van der Waals surface area contributed by atoms with E-state index in [1.807, 2.05) is 0 Å². The van der Waals surface area contributed by atoms with Gasteiger partial charge >= 0.3 is 0 Å². The monoisotopic (exact) mass is 314 g/mol. The van der Waals surface area contributed by atoms with Crippen molar-refractivity contribution in [2.45, 2.75) is 17.7 Å². The molecule has 2 heterocycles. The number of carbonyl (C=O) groups excluding carboxylic acids is 1. The number of aromatic nitrogens is 1. The fourth-order valence-corrected chi connectivity index (χ4v) is 4.07. The minimum atomic E-state index is -3.52. The zero-order valence-corrected chi connectivity index (χ0v) is 13.0. The molecule has 0 spiro atoms. The van der Waals surface area contributed by atoms with E-state index in [1.165, 1.54) is 4.31 Å². The van der Waals surface area contributed by atoms with Crippen LogP contribution in [0.2, 0.25) is 0 Å². The van der Waals surface area contributed by atoms with E-state index in [-0.39, 0.29) is 23.3 Å². The minimum absolute atomic E-state index is 0.117. The van der Waals surface area contributed by atoms with Gasteiger partial charge < -0.3 is 15.6 Å². The number of amides is 1. The van der Waals surface area contributed by atoms with Crippen molar-refractivity contribution in [2.75, 3.05) is 26.2 Å². The number of carbonyl (C=O) groups is 1. The maximum Gasteiger partial charge on any atom is 0.244 e. The first-order valence-electron chi connectivity index (χ1n) is 7.05. The normalized spacial score (nSPS) is 20.4. The van der Waals surface area contributed by atoms with Gasteiger partial charge in [0.15, 0.2) is 0 Å². The summed E-state index contributed by atoms with van der Waals surface area (Å²) in [5, 5.41) is 2.73. The van der Waals surface area contributed by atoms with Gasteiger partial charge in [-0.1, -0.05) is 0 Å². The van der Waals surface area contributed by atoms with Gasteiger partial charge in [-0.05, 0) is 18.9 Å². The Morgan fingerprint density at radius 3 is 2.90 bits per heavy atom. The predicted octanol–water partition coefficient (Wildman–Crippen LogP) is -0.499. The Balaban J connectivity index is 2.08. The van der Waals surface area contributed by atoms with Crippen molar-refractivity contribution >= 4 is 15.9 Å². The van der Waals surface area contributed by atoms with Gasteiger partial charge in [-0.25, -0.2) is 8.42 Å². The Morgan fingerprint density at radius 2 is 2.29 bits per heavy atom. The number of rotatable bonds is 5. The van der Waals surface area contributed by atoms with Crippen molar-refractivity contribution in [3.63, 3.8) is 0 Å². The Labute approximate surface area is 125 Å². The summed E-state index contributed by atoms with van der Waals surface area (Å²) in [5.74, 6) is -0.419. The van der Waals surface area contributed by atoms with Crippen LogP contribution in [0.3, 0.4) is 0 Å². The number of nitrogens with zero attached hydrogens (tertiary/aromatic N) is 2. The Kier molecular flexibility index (Phi) is 5.02. The molecule has 1 unspecified atom stereocenters. The topological polar surface area (TPSA) is 97.4 Å². The molecule has 7 nitrogen and oxygen atoms in total. The molecule has 0 saturated carbocycles. The summed E-state index contributed by atoms with van der Waals surface area (Å²) in [6.45, 7) is 1.48. The van der Waals surface area contributed by atoms with E-state index in [1.54, 1.807) is 30.1 Å². The van der Waals surface area contributed by atoms with Crippen molar-refractivity contribution in [3.05, 3.63) is 18.5 Å². The maximum atomic E-state index is 12.5. The highest BCUT2D eigenvalue weighted by atomic mass is 32.2. The zero-order valence-electron chi connectivity index (χ0n) is 12.2. The van der Waals surface area contributed by atoms with Crippen LogP contribution >= 0.6 is 0 Å². The highest BCUT2D eigenvalue weighted by Crippen LogP contribution is 2.23. The van der Waals surface area contributed by atoms with Gasteiger partial charge in [0.2, 0.25) is 15.9 Å². The molecule has 1 aliphatic heterocycles. The summed E-state index contributed by atoms with van der Waals surface area (Å²) in [4.78, 5) is 12.2. The molecule has 0 aromatic carbocycles. The number of hydrogen-bond acceptors (Lipinski definition) is 4. The van der Waals surface area contributed by atoms with Gasteiger partial charge in [-0.2, -0.15) is 4.31 Å². The van der Waals surface area contributed by atoms with Crippen LogP contribution < -0.4 is 11.1 Å². The number of nitrogens with two attached hydrogens (primary N) is 1. The van der Waals surface area contributed by atoms with Crippen LogP contribution in [0, 0.1) is 5.92 Å². The summed E-state index contributed by atoms with van der Waals surface area (Å²) in [7, 11) is -1.74. The third-order valence-electron chi connectivity index (χ3n) is 3.64. The maximum absolute atomic E-state index is 12.5. The Bertz CT molecular complexity index is 596. The molecule has 0 aliphatic carbocycles. The van der Waals surface area contributed by atoms with Crippen molar-refractivity contribution in [2.24, 2.45) is 18.7 Å². The Hall–Kier alpha value is -1.38. The van der Waals surface area contributed by atoms with Crippen LogP contribution in [-0.4, -0.2) is 49.4 Å². The highest BCUT2D eigenvalue weighted by Gasteiger charge is 2.33. The number of hydrogen-bond donors (Lipinski definition) is 2. The summed E-state index contributed by atoms with van der Waals surface area (Å²) >= 11 is 0. The second-order valence-electron chi connectivity index (χ2n) is 5.29. The molecule has 1 amide bonds. The number of sulfonamides is 1. The minimum Gasteiger partial charge on any atom is -0.356 e. The first-order chi connectivity index (χ1) is 9.95. The fraction of sp³-hybridized carbons (Fsp3) is 0.615. The van der Waals surface area contributed by atoms with Crippen LogP contribution in [0.15, 0.2) is 23.4 Å². The average molecular weight is 314 g/mol. The van der Waals surface area contributed by atoms with Gasteiger partial charge in [0.25, 0.3) is 0 Å². The van der Waals surface area contributed by atoms with E-state index in [9.17, 15) is 13.2 Å². The van der Waals surface area contributed by atoms with E-state index in [0.717, 1.165) is 0 Å². The number of piperidine rings is 1. The first kappa shape index (κ1) is 16.0. The predicted molar refractivity (Wildman–Crippen MR) is 79.0 cm³/mol. The Morgan fingerprint density at radius 1 is 1.52 bits per heavy atom. The van der Waals surface area contributed by atoms with E-state index in [0.29, 0.717) is 32.5 Å². The molecule has 1 atom stereocenters. The molecule has 3 N–H and O–H groups in total. The van der Waals surface area contributed by atoms with Crippen molar-refractivity contribution in [1.29, 1.82) is 0 Å². The van der Waals surface area contributed by atoms with E-state index < -0.39 is 10.0 Å². The lowest BCUT2D eigenvalue weighted by Gasteiger charge is -2.30. The smallest absolute Gasteiger partial charge is 0.244 e. The molecule has 21 heavy (non-hydrogen) atoms. The molecule has 2 rings (SSSR count).